The van der Waals surface area contributed by atoms with Crippen LogP contribution in [0, 0.1) is 5.41 Å². The Hall–Kier alpha value is -0.498. The van der Waals surface area contributed by atoms with Gasteiger partial charge in [-0.15, -0.1) is 6.08 Å². The summed E-state index contributed by atoms with van der Waals surface area (Å²) in [6, 6.07) is 26.2. The molecule has 0 bridgehead atoms. The summed E-state index contributed by atoms with van der Waals surface area (Å²) in [5.74, 6) is 2.43. The summed E-state index contributed by atoms with van der Waals surface area (Å²) >= 11 is 10.8. The molecule has 3 aromatic carbocycles. The molecule has 0 unspecified atom stereocenters. The zero-order valence-electron chi connectivity index (χ0n) is 17.3. The number of halogens is 3. The van der Waals surface area contributed by atoms with E-state index >= 15 is 0 Å². The van der Waals surface area contributed by atoms with E-state index in [1.165, 1.54) is 16.4 Å². The third-order valence-corrected chi connectivity index (χ3v) is 6.66. The van der Waals surface area contributed by atoms with Gasteiger partial charge in [-0.3, -0.25) is 0 Å². The summed E-state index contributed by atoms with van der Waals surface area (Å²) in [5, 5.41) is 0. The smallest absolute Gasteiger partial charge is 0.235 e. The van der Waals surface area contributed by atoms with Gasteiger partial charge in [0.1, 0.15) is 6.15 Å². The van der Waals surface area contributed by atoms with Crippen molar-refractivity contribution in [2.24, 2.45) is 5.41 Å². The molecule has 0 saturated carbocycles. The second-order valence-electron chi connectivity index (χ2n) is 8.31. The second kappa shape index (κ2) is 10.2. The second-order valence-corrected chi connectivity index (χ2v) is 11.1. The zero-order chi connectivity index (χ0) is 20.4. The van der Waals surface area contributed by atoms with Crippen LogP contribution >= 0.6 is 47.8 Å². The molecule has 144 valence electrons. The van der Waals surface area contributed by atoms with Crippen molar-refractivity contribution in [3.63, 3.8) is 0 Å². The van der Waals surface area contributed by atoms with E-state index in [4.69, 9.17) is 0 Å². The average molecular weight is 569 g/mol. The fourth-order valence-electron chi connectivity index (χ4n) is 3.64. The molecule has 3 rings (SSSR count). The molecule has 0 atom stereocenters. The van der Waals surface area contributed by atoms with Crippen LogP contribution in [0.25, 0.3) is 0 Å². The topological polar surface area (TPSA) is 0 Å². The number of hydrogen-bond acceptors (Lipinski definition) is 0. The maximum Gasteiger partial charge on any atom is 1.00 e. The molecular formula is C24H23BBr3Li. The van der Waals surface area contributed by atoms with Crippen molar-refractivity contribution in [2.75, 3.05) is 0 Å². The van der Waals surface area contributed by atoms with Crippen LogP contribution in [-0.2, 0) is 0 Å². The Morgan fingerprint density at radius 3 is 1.10 bits per heavy atom. The quantitative estimate of drug-likeness (QED) is 0.422. The van der Waals surface area contributed by atoms with Gasteiger partial charge in [0, 0.05) is 13.4 Å². The number of allylic oxidation sites excluding steroid dienone is 1. The molecular weight excluding hydrogens is 546 g/mol. The van der Waals surface area contributed by atoms with Gasteiger partial charge in [0.25, 0.3) is 0 Å². The fraction of sp³-hybridized carbons (Fsp3) is 0.167. The van der Waals surface area contributed by atoms with Crippen molar-refractivity contribution in [2.45, 2.75) is 20.8 Å². The van der Waals surface area contributed by atoms with E-state index in [0.29, 0.717) is 0 Å². The molecule has 0 aliphatic rings. The number of hydrogen-bond donors (Lipinski definition) is 0. The fourth-order valence-corrected chi connectivity index (χ4v) is 4.44. The van der Waals surface area contributed by atoms with Gasteiger partial charge in [0.05, 0.1) is 0 Å². The predicted octanol–water partition coefficient (Wildman–Crippen LogP) is 3.59. The normalized spacial score (nSPS) is 12.1. The van der Waals surface area contributed by atoms with Gasteiger partial charge >= 0.3 is 18.9 Å². The molecule has 29 heavy (non-hydrogen) atoms. The van der Waals surface area contributed by atoms with Crippen molar-refractivity contribution < 1.29 is 18.9 Å². The Balaban J connectivity index is 0.00000300. The molecule has 0 amide bonds. The average Bonchev–Trinajstić information content (AvgIpc) is 2.65. The van der Waals surface area contributed by atoms with E-state index in [9.17, 15) is 0 Å². The van der Waals surface area contributed by atoms with Gasteiger partial charge < -0.3 is 0 Å². The van der Waals surface area contributed by atoms with E-state index < -0.39 is 6.15 Å². The first-order valence-corrected chi connectivity index (χ1v) is 11.7. The molecule has 3 aromatic rings. The standard InChI is InChI=1S/C24H23BBr3.Li/c1-24(2,3)16-17-25(18-4-10-21(26)11-5-18,19-6-12-22(27)13-7-19)20-8-14-23(28)15-9-20;/h4-17H,1-3H3;/q-1;+1. The van der Waals surface area contributed by atoms with Crippen molar-refractivity contribution in [1.29, 1.82) is 0 Å². The first-order valence-electron chi connectivity index (χ1n) is 9.35. The molecule has 0 N–H and O–H groups in total. The first-order chi connectivity index (χ1) is 13.2. The van der Waals surface area contributed by atoms with Crippen LogP contribution in [0.15, 0.2) is 98.3 Å². The minimum atomic E-state index is -1.26. The molecule has 0 aliphatic carbocycles. The van der Waals surface area contributed by atoms with E-state index in [-0.39, 0.29) is 24.3 Å². The molecule has 5 heteroatoms. The van der Waals surface area contributed by atoms with Crippen LogP contribution in [-0.4, -0.2) is 6.15 Å². The van der Waals surface area contributed by atoms with Gasteiger partial charge in [-0.1, -0.05) is 141 Å². The van der Waals surface area contributed by atoms with Crippen LogP contribution in [0.5, 0.6) is 0 Å². The summed E-state index contributed by atoms with van der Waals surface area (Å²) in [6.07, 6.45) is 1.08. The van der Waals surface area contributed by atoms with Crippen molar-refractivity contribution in [1.82, 2.24) is 0 Å². The van der Waals surface area contributed by atoms with Gasteiger partial charge in [-0.05, 0) is 5.41 Å². The maximum absolute atomic E-state index is 3.59. The Morgan fingerprint density at radius 1 is 0.586 bits per heavy atom. The SMILES string of the molecule is CC(C)(C)C=C[B-](c1ccc(Br)cc1)(c1ccc(Br)cc1)c1ccc(Br)cc1.[Li+]. The molecule has 0 radical (unpaired) electrons. The van der Waals surface area contributed by atoms with E-state index in [2.05, 4.69) is 153 Å². The molecule has 0 nitrogen and oxygen atoms in total. The largest absolute Gasteiger partial charge is 1.00 e. The van der Waals surface area contributed by atoms with Crippen molar-refractivity contribution in [3.05, 3.63) is 98.3 Å². The predicted molar refractivity (Wildman–Crippen MR) is 136 cm³/mol. The van der Waals surface area contributed by atoms with Crippen molar-refractivity contribution >= 4 is 70.3 Å². The zero-order valence-corrected chi connectivity index (χ0v) is 22.1. The summed E-state index contributed by atoms with van der Waals surface area (Å²) < 4.78 is 3.27. The van der Waals surface area contributed by atoms with E-state index in [0.717, 1.165) is 13.4 Å². The van der Waals surface area contributed by atoms with Crippen LogP contribution in [0.1, 0.15) is 20.8 Å². The molecule has 0 aromatic heterocycles. The Labute approximate surface area is 212 Å². The van der Waals surface area contributed by atoms with E-state index in [1.54, 1.807) is 0 Å². The monoisotopic (exact) mass is 566 g/mol. The molecule has 0 heterocycles. The summed E-state index contributed by atoms with van der Waals surface area (Å²) in [5.41, 5.74) is 3.99. The van der Waals surface area contributed by atoms with Crippen LogP contribution in [0.3, 0.4) is 0 Å². The van der Waals surface area contributed by atoms with Gasteiger partial charge in [-0.2, -0.15) is 16.4 Å². The number of rotatable bonds is 4. The summed E-state index contributed by atoms with van der Waals surface area (Å²) in [6.45, 7) is 6.74. The Kier molecular flexibility index (Phi) is 8.72. The Morgan fingerprint density at radius 2 is 0.862 bits per heavy atom. The molecule has 0 aliphatic heterocycles. The molecule has 0 saturated heterocycles. The van der Waals surface area contributed by atoms with E-state index in [1.807, 2.05) is 0 Å². The van der Waals surface area contributed by atoms with Crippen LogP contribution in [0.4, 0.5) is 0 Å². The summed E-state index contributed by atoms with van der Waals surface area (Å²) in [7, 11) is 0. The minimum absolute atomic E-state index is 0. The minimum Gasteiger partial charge on any atom is -0.235 e. The van der Waals surface area contributed by atoms with Crippen LogP contribution in [0.2, 0.25) is 0 Å². The maximum atomic E-state index is 3.59. The summed E-state index contributed by atoms with van der Waals surface area (Å²) in [4.78, 5) is 0. The molecule has 0 fully saturated rings. The van der Waals surface area contributed by atoms with Gasteiger partial charge in [0.2, 0.25) is 0 Å². The Bertz CT molecular complexity index is 846. The van der Waals surface area contributed by atoms with Gasteiger partial charge in [0.15, 0.2) is 0 Å². The first kappa shape index (κ1) is 24.8. The van der Waals surface area contributed by atoms with Gasteiger partial charge in [-0.25, -0.2) is 5.98 Å². The third kappa shape index (κ3) is 6.02. The number of benzene rings is 3. The third-order valence-electron chi connectivity index (χ3n) is 5.07. The van der Waals surface area contributed by atoms with Crippen molar-refractivity contribution in [3.8, 4) is 0 Å². The van der Waals surface area contributed by atoms with Crippen LogP contribution < -0.4 is 35.2 Å². The molecule has 0 spiro atoms.